The second-order valence-electron chi connectivity index (χ2n) is 6.23. The van der Waals surface area contributed by atoms with E-state index in [4.69, 9.17) is 26.1 Å². The lowest BCUT2D eigenvalue weighted by Crippen LogP contribution is -2.48. The van der Waals surface area contributed by atoms with Crippen molar-refractivity contribution in [3.05, 3.63) is 58.0 Å². The summed E-state index contributed by atoms with van der Waals surface area (Å²) in [6.45, 7) is 1.41. The smallest absolute Gasteiger partial charge is 0.305 e. The van der Waals surface area contributed by atoms with Crippen LogP contribution in [0.1, 0.15) is 29.2 Å². The zero-order valence-corrected chi connectivity index (χ0v) is 16.2. The number of hydrogen-bond donors (Lipinski definition) is 3. The number of carbonyl (C=O) groups is 1. The van der Waals surface area contributed by atoms with Crippen LogP contribution in [0.25, 0.3) is 0 Å². The highest BCUT2D eigenvalue weighted by molar-refractivity contribution is 7.80. The maximum absolute atomic E-state index is 12.1. The molecule has 1 atom stereocenters. The lowest BCUT2D eigenvalue weighted by molar-refractivity contribution is -0.384. The fourth-order valence-electron chi connectivity index (χ4n) is 2.63. The topological polar surface area (TPSA) is 128 Å². The second-order valence-corrected chi connectivity index (χ2v) is 6.64. The third kappa shape index (κ3) is 6.16. The molecule has 1 aromatic heterocycles. The van der Waals surface area contributed by atoms with Crippen molar-refractivity contribution in [3.63, 3.8) is 0 Å². The van der Waals surface area contributed by atoms with Gasteiger partial charge in [0, 0.05) is 25.3 Å². The number of nitro groups is 1. The Morgan fingerprint density at radius 2 is 2.03 bits per heavy atom. The lowest BCUT2D eigenvalue weighted by Gasteiger charge is -2.14. The quantitative estimate of drug-likeness (QED) is 0.350. The molecule has 2 aromatic rings. The first-order chi connectivity index (χ1) is 14.0. The van der Waals surface area contributed by atoms with Crippen molar-refractivity contribution in [2.24, 2.45) is 0 Å². The van der Waals surface area contributed by atoms with E-state index in [0.29, 0.717) is 18.1 Å². The van der Waals surface area contributed by atoms with Crippen molar-refractivity contribution >= 4 is 28.9 Å². The van der Waals surface area contributed by atoms with Gasteiger partial charge in [-0.25, -0.2) is 0 Å². The molecular formula is C18H20N4O6S. The van der Waals surface area contributed by atoms with Gasteiger partial charge in [-0.2, -0.15) is 0 Å². The number of rotatable bonds is 7. The highest BCUT2D eigenvalue weighted by Crippen LogP contribution is 2.19. The first-order valence-corrected chi connectivity index (χ1v) is 9.34. The monoisotopic (exact) mass is 420 g/mol. The van der Waals surface area contributed by atoms with Gasteiger partial charge in [-0.05, 0) is 49.3 Å². The summed E-state index contributed by atoms with van der Waals surface area (Å²) < 4.78 is 16.4. The number of benzene rings is 1. The van der Waals surface area contributed by atoms with Gasteiger partial charge in [-0.1, -0.05) is 0 Å². The minimum Gasteiger partial charge on any atom is -0.486 e. The molecule has 0 aliphatic carbocycles. The van der Waals surface area contributed by atoms with Crippen LogP contribution in [0.4, 0.5) is 5.69 Å². The Kier molecular flexibility index (Phi) is 6.98. The summed E-state index contributed by atoms with van der Waals surface area (Å²) in [7, 11) is 0. The minimum absolute atomic E-state index is 0.0232. The van der Waals surface area contributed by atoms with Crippen LogP contribution < -0.4 is 20.9 Å². The molecule has 1 aromatic carbocycles. The molecule has 2 heterocycles. The molecule has 29 heavy (non-hydrogen) atoms. The van der Waals surface area contributed by atoms with E-state index >= 15 is 0 Å². The Hall–Kier alpha value is -3.18. The normalized spacial score (nSPS) is 15.5. The molecule has 11 heteroatoms. The van der Waals surface area contributed by atoms with Gasteiger partial charge in [0.2, 0.25) is 0 Å². The van der Waals surface area contributed by atoms with Crippen molar-refractivity contribution in [1.29, 1.82) is 0 Å². The Morgan fingerprint density at radius 1 is 1.24 bits per heavy atom. The van der Waals surface area contributed by atoms with Crippen molar-refractivity contribution < 1.29 is 23.6 Å². The van der Waals surface area contributed by atoms with E-state index in [9.17, 15) is 14.9 Å². The fraction of sp³-hybridized carbons (Fsp3) is 0.333. The predicted octanol–water partition coefficient (Wildman–Crippen LogP) is 2.05. The molecule has 0 saturated carbocycles. The third-order valence-electron chi connectivity index (χ3n) is 4.12. The average Bonchev–Trinajstić information content (AvgIpc) is 3.41. The minimum atomic E-state index is -0.493. The van der Waals surface area contributed by atoms with Crippen LogP contribution >= 0.6 is 12.2 Å². The summed E-state index contributed by atoms with van der Waals surface area (Å²) in [4.78, 5) is 22.3. The lowest BCUT2D eigenvalue weighted by atomic mass is 10.2. The summed E-state index contributed by atoms with van der Waals surface area (Å²) in [5, 5.41) is 13.9. The van der Waals surface area contributed by atoms with Crippen molar-refractivity contribution in [2.75, 3.05) is 13.2 Å². The van der Waals surface area contributed by atoms with Crippen LogP contribution in [0.3, 0.4) is 0 Å². The SMILES string of the molecule is O=C(NNC(=S)NC[C@@H]1CCCO1)c1ccc(COc2ccc([N+](=O)[O-])cc2)o1. The van der Waals surface area contributed by atoms with E-state index < -0.39 is 10.8 Å². The molecular weight excluding hydrogens is 400 g/mol. The number of carbonyl (C=O) groups excluding carboxylic acids is 1. The van der Waals surface area contributed by atoms with Crippen LogP contribution in [0.2, 0.25) is 0 Å². The van der Waals surface area contributed by atoms with Gasteiger partial charge < -0.3 is 19.2 Å². The van der Waals surface area contributed by atoms with E-state index in [1.807, 2.05) is 0 Å². The van der Waals surface area contributed by atoms with E-state index in [1.54, 1.807) is 6.07 Å². The highest BCUT2D eigenvalue weighted by Gasteiger charge is 2.16. The molecule has 154 valence electrons. The van der Waals surface area contributed by atoms with Crippen LogP contribution in [0.15, 0.2) is 40.8 Å². The Bertz CT molecular complexity index is 863. The number of non-ortho nitro benzene ring substituents is 1. The van der Waals surface area contributed by atoms with Gasteiger partial charge in [-0.15, -0.1) is 0 Å². The number of nitrogens with zero attached hydrogens (tertiary/aromatic N) is 1. The molecule has 3 N–H and O–H groups in total. The molecule has 1 amide bonds. The number of nitro benzene ring substituents is 1. The molecule has 0 radical (unpaired) electrons. The van der Waals surface area contributed by atoms with Crippen LogP contribution in [0.5, 0.6) is 5.75 Å². The summed E-state index contributed by atoms with van der Waals surface area (Å²) in [6.07, 6.45) is 2.16. The van der Waals surface area contributed by atoms with E-state index in [0.717, 1.165) is 19.4 Å². The first kappa shape index (κ1) is 20.6. The van der Waals surface area contributed by atoms with Crippen LogP contribution in [-0.4, -0.2) is 35.2 Å². The molecule has 1 aliphatic rings. The zero-order valence-electron chi connectivity index (χ0n) is 15.4. The summed E-state index contributed by atoms with van der Waals surface area (Å²) in [5.74, 6) is 0.462. The fourth-order valence-corrected chi connectivity index (χ4v) is 2.76. The van der Waals surface area contributed by atoms with Gasteiger partial charge in [0.05, 0.1) is 11.0 Å². The summed E-state index contributed by atoms with van der Waals surface area (Å²) in [6, 6.07) is 8.78. The summed E-state index contributed by atoms with van der Waals surface area (Å²) >= 11 is 5.10. The third-order valence-corrected chi connectivity index (χ3v) is 4.36. The van der Waals surface area contributed by atoms with Gasteiger partial charge in [0.1, 0.15) is 18.1 Å². The van der Waals surface area contributed by atoms with E-state index in [2.05, 4.69) is 16.2 Å². The van der Waals surface area contributed by atoms with Crippen molar-refractivity contribution in [2.45, 2.75) is 25.6 Å². The number of nitrogens with one attached hydrogen (secondary N) is 3. The number of thiocarbonyl (C=S) groups is 1. The molecule has 1 fully saturated rings. The molecule has 0 bridgehead atoms. The van der Waals surface area contributed by atoms with Gasteiger partial charge in [0.25, 0.3) is 5.69 Å². The number of ether oxygens (including phenoxy) is 2. The zero-order chi connectivity index (χ0) is 20.6. The van der Waals surface area contributed by atoms with Crippen molar-refractivity contribution in [3.8, 4) is 5.75 Å². The number of furan rings is 1. The van der Waals surface area contributed by atoms with Gasteiger partial charge in [0.15, 0.2) is 10.9 Å². The first-order valence-electron chi connectivity index (χ1n) is 8.93. The Morgan fingerprint density at radius 3 is 2.72 bits per heavy atom. The molecule has 10 nitrogen and oxygen atoms in total. The predicted molar refractivity (Wildman–Crippen MR) is 106 cm³/mol. The van der Waals surface area contributed by atoms with Crippen molar-refractivity contribution in [1.82, 2.24) is 16.2 Å². The average molecular weight is 420 g/mol. The Labute approximate surface area is 171 Å². The molecule has 0 spiro atoms. The largest absolute Gasteiger partial charge is 0.486 e. The van der Waals surface area contributed by atoms with Crippen LogP contribution in [-0.2, 0) is 11.3 Å². The second kappa shape index (κ2) is 9.85. The standard InChI is InChI=1S/C18H20N4O6S/c23-17(20-21-18(29)19-10-14-2-1-9-26-14)16-8-7-15(28-16)11-27-13-5-3-12(4-6-13)22(24)25/h3-8,14H,1-2,9-11H2,(H,20,23)(H2,19,21,29)/t14-/m0/s1. The maximum Gasteiger partial charge on any atom is 0.305 e. The van der Waals surface area contributed by atoms with E-state index in [-0.39, 0.29) is 29.3 Å². The maximum atomic E-state index is 12.1. The van der Waals surface area contributed by atoms with Crippen LogP contribution in [0, 0.1) is 10.1 Å². The molecule has 1 saturated heterocycles. The molecule has 0 unspecified atom stereocenters. The highest BCUT2D eigenvalue weighted by atomic mass is 32.1. The number of amides is 1. The number of hydrogen-bond acceptors (Lipinski definition) is 7. The van der Waals surface area contributed by atoms with Gasteiger partial charge in [-0.3, -0.25) is 25.8 Å². The Balaban J connectivity index is 1.40. The van der Waals surface area contributed by atoms with Gasteiger partial charge >= 0.3 is 5.91 Å². The number of hydrazine groups is 1. The molecule has 3 rings (SSSR count). The van der Waals surface area contributed by atoms with E-state index in [1.165, 1.54) is 30.3 Å². The molecule has 1 aliphatic heterocycles. The summed E-state index contributed by atoms with van der Waals surface area (Å²) in [5.41, 5.74) is 5.03.